The highest BCUT2D eigenvalue weighted by Gasteiger charge is 2.82. The van der Waals surface area contributed by atoms with E-state index in [1.165, 1.54) is 0 Å². The minimum Gasteiger partial charge on any atom is -0.454 e. The number of esters is 1. The number of hydrogen-bond acceptors (Lipinski definition) is 9. The lowest BCUT2D eigenvalue weighted by molar-refractivity contribution is -0.343. The fourth-order valence-corrected chi connectivity index (χ4v) is 15.3. The van der Waals surface area contributed by atoms with E-state index in [1.807, 2.05) is 25.2 Å². The molecule has 1 aliphatic heterocycles. The summed E-state index contributed by atoms with van der Waals surface area (Å²) in [5.74, 6) is 5.04. The van der Waals surface area contributed by atoms with Gasteiger partial charge in [-0.1, -0.05) is 37.8 Å². The number of aliphatic hydroxyl groups excluding tert-OH is 2. The Labute approximate surface area is 319 Å². The second-order valence-electron chi connectivity index (χ2n) is 19.3. The van der Waals surface area contributed by atoms with E-state index in [9.17, 15) is 35.1 Å². The van der Waals surface area contributed by atoms with Crippen molar-refractivity contribution in [3.63, 3.8) is 0 Å². The first-order valence-corrected chi connectivity index (χ1v) is 20.9. The molecule has 6 saturated carbocycles. The van der Waals surface area contributed by atoms with Crippen molar-refractivity contribution in [2.75, 3.05) is 7.05 Å². The number of fused-ring (bicyclic) bond motifs is 6. The molecular formula is C45H59NO8. The van der Waals surface area contributed by atoms with Crippen molar-refractivity contribution in [3.8, 4) is 11.8 Å². The van der Waals surface area contributed by atoms with Gasteiger partial charge in [0.1, 0.15) is 18.0 Å². The maximum Gasteiger partial charge on any atom is 0.331 e. The average Bonchev–Trinajstić information content (AvgIpc) is 3.60. The molecule has 0 amide bonds. The van der Waals surface area contributed by atoms with E-state index in [0.717, 1.165) is 35.0 Å². The molecule has 1 aromatic rings. The number of carbonyl (C=O) groups excluding carboxylic acids is 2. The van der Waals surface area contributed by atoms with Gasteiger partial charge < -0.3 is 40.4 Å². The van der Waals surface area contributed by atoms with Crippen LogP contribution in [0, 0.1) is 70.0 Å². The summed E-state index contributed by atoms with van der Waals surface area (Å²) in [4.78, 5) is 27.2. The number of likely N-dealkylation sites (N-methyl/N-ethyl adjacent to an activating group) is 1. The van der Waals surface area contributed by atoms with Gasteiger partial charge in [-0.15, -0.1) is 0 Å². The normalized spacial score (nSPS) is 48.8. The van der Waals surface area contributed by atoms with Crippen molar-refractivity contribution in [1.82, 2.24) is 5.32 Å². The molecular weight excluding hydrogens is 682 g/mol. The van der Waals surface area contributed by atoms with Crippen LogP contribution in [0.25, 0.3) is 0 Å². The van der Waals surface area contributed by atoms with Gasteiger partial charge in [0.15, 0.2) is 0 Å². The molecule has 292 valence electrons. The highest BCUT2D eigenvalue weighted by atomic mass is 16.5. The third-order valence-corrected chi connectivity index (χ3v) is 17.5. The Morgan fingerprint density at radius 3 is 2.61 bits per heavy atom. The van der Waals surface area contributed by atoms with E-state index in [-0.39, 0.29) is 55.1 Å². The second-order valence-corrected chi connectivity index (χ2v) is 19.3. The zero-order chi connectivity index (χ0) is 38.0. The average molecular weight is 742 g/mol. The van der Waals surface area contributed by atoms with E-state index >= 15 is 0 Å². The predicted molar refractivity (Wildman–Crippen MR) is 200 cm³/mol. The van der Waals surface area contributed by atoms with Crippen LogP contribution in [0.5, 0.6) is 0 Å². The minimum absolute atomic E-state index is 0.0663. The van der Waals surface area contributed by atoms with Gasteiger partial charge in [0.05, 0.1) is 29.3 Å². The van der Waals surface area contributed by atoms with E-state index < -0.39 is 57.6 Å². The van der Waals surface area contributed by atoms with E-state index in [1.54, 1.807) is 6.08 Å². The van der Waals surface area contributed by atoms with Gasteiger partial charge >= 0.3 is 5.97 Å². The molecule has 8 aliphatic carbocycles. The Bertz CT molecular complexity index is 1820. The van der Waals surface area contributed by atoms with E-state index in [0.29, 0.717) is 70.1 Å². The van der Waals surface area contributed by atoms with Crippen LogP contribution in [0.1, 0.15) is 108 Å². The number of carbonyl (C=O) groups is 2. The van der Waals surface area contributed by atoms with Crippen LogP contribution in [-0.4, -0.2) is 79.9 Å². The number of aliphatic hydroxyl groups is 5. The number of aldehydes is 1. The SMILES string of the molecule is CNC1Cc2c(cccc2CO)C#CCCC23CCC4C(O)(CC5CC(C(C)C)CCC6C(O)CCC4(C=O)C56O)C2(O)CC2CC1C1OC(=O)C=C1C23. The molecule has 9 nitrogen and oxygen atoms in total. The first kappa shape index (κ1) is 37.0. The monoisotopic (exact) mass is 741 g/mol. The molecule has 1 spiro atoms. The summed E-state index contributed by atoms with van der Waals surface area (Å²) >= 11 is 0. The first-order chi connectivity index (χ1) is 25.8. The Kier molecular flexibility index (Phi) is 8.72. The zero-order valence-electron chi connectivity index (χ0n) is 32.1. The smallest absolute Gasteiger partial charge is 0.331 e. The standard InChI is InChI=1S/C45H59NO8/c1-25(2)27-10-11-34-36(49)12-15-42(24-48)37-13-16-41-14-5-4-7-26-8-6-9-28(23-47)31(26)19-35(46-3)32-18-29(39(41)33-20-38(50)54-40(32)33)21-44(41,52)43(37,51)22-30(17-27)45(34,42)53/h6,8-9,20,24-25,27,29-30,32,34-37,39-40,46-47,49,51-53H,5,10-19,21-23H2,1-3H3. The summed E-state index contributed by atoms with van der Waals surface area (Å²) in [5.41, 5.74) is -3.37. The molecule has 10 rings (SSSR count). The Morgan fingerprint density at radius 1 is 1.06 bits per heavy atom. The molecule has 9 aliphatic rings. The fraction of sp³-hybridized carbons (Fsp3) is 0.733. The number of nitrogens with one attached hydrogen (secondary N) is 1. The molecule has 6 fully saturated rings. The molecule has 6 N–H and O–H groups in total. The lowest BCUT2D eigenvalue weighted by Gasteiger charge is -2.72. The lowest BCUT2D eigenvalue weighted by atomic mass is 9.36. The third-order valence-electron chi connectivity index (χ3n) is 17.5. The molecule has 1 heterocycles. The molecule has 15 unspecified atom stereocenters. The van der Waals surface area contributed by atoms with Crippen LogP contribution in [0.2, 0.25) is 0 Å². The highest BCUT2D eigenvalue weighted by molar-refractivity contribution is 5.86. The third kappa shape index (κ3) is 4.62. The van der Waals surface area contributed by atoms with Gasteiger partial charge in [-0.25, -0.2) is 4.79 Å². The van der Waals surface area contributed by atoms with Crippen molar-refractivity contribution in [1.29, 1.82) is 0 Å². The molecule has 1 aromatic carbocycles. The maximum atomic E-state index is 13.9. The van der Waals surface area contributed by atoms with Crippen LogP contribution >= 0.6 is 0 Å². The zero-order valence-corrected chi connectivity index (χ0v) is 32.1. The summed E-state index contributed by atoms with van der Waals surface area (Å²) < 4.78 is 6.21. The van der Waals surface area contributed by atoms with Gasteiger partial charge in [0.25, 0.3) is 0 Å². The van der Waals surface area contributed by atoms with Gasteiger partial charge in [-0.3, -0.25) is 0 Å². The van der Waals surface area contributed by atoms with Crippen molar-refractivity contribution < 1.29 is 39.9 Å². The largest absolute Gasteiger partial charge is 0.454 e. The molecule has 0 aromatic heterocycles. The quantitative estimate of drug-likeness (QED) is 0.153. The Hall–Kier alpha value is -2.58. The number of ether oxygens (including phenoxy) is 1. The van der Waals surface area contributed by atoms with Crippen LogP contribution < -0.4 is 5.32 Å². The molecule has 0 radical (unpaired) electrons. The van der Waals surface area contributed by atoms with Gasteiger partial charge in [-0.05, 0) is 136 Å². The van der Waals surface area contributed by atoms with Crippen molar-refractivity contribution in [2.24, 2.45) is 58.2 Å². The van der Waals surface area contributed by atoms with E-state index in [2.05, 4.69) is 31.0 Å². The van der Waals surface area contributed by atoms with Gasteiger partial charge in [0, 0.05) is 47.3 Å². The molecule has 9 heteroatoms. The lowest BCUT2D eigenvalue weighted by Crippen LogP contribution is -2.80. The second kappa shape index (κ2) is 12.7. The van der Waals surface area contributed by atoms with Gasteiger partial charge in [-0.2, -0.15) is 0 Å². The van der Waals surface area contributed by atoms with Crippen LogP contribution in [-0.2, 0) is 27.4 Å². The van der Waals surface area contributed by atoms with E-state index in [4.69, 9.17) is 4.74 Å². The highest BCUT2D eigenvalue weighted by Crippen LogP contribution is 2.77. The summed E-state index contributed by atoms with van der Waals surface area (Å²) in [6, 6.07) is 5.73. The van der Waals surface area contributed by atoms with Crippen molar-refractivity contribution in [2.45, 2.75) is 139 Å². The van der Waals surface area contributed by atoms with Crippen molar-refractivity contribution >= 4 is 12.3 Å². The van der Waals surface area contributed by atoms with Gasteiger partial charge in [0.2, 0.25) is 0 Å². The minimum atomic E-state index is -1.69. The summed E-state index contributed by atoms with van der Waals surface area (Å²) in [5, 5.41) is 66.4. The predicted octanol–water partition coefficient (Wildman–Crippen LogP) is 3.98. The molecule has 0 saturated heterocycles. The van der Waals surface area contributed by atoms with Crippen LogP contribution in [0.15, 0.2) is 29.8 Å². The topological polar surface area (TPSA) is 157 Å². The van der Waals surface area contributed by atoms with Crippen LogP contribution in [0.3, 0.4) is 0 Å². The maximum absolute atomic E-state index is 13.9. The Morgan fingerprint density at radius 2 is 1.87 bits per heavy atom. The molecule has 15 atom stereocenters. The number of hydrogen-bond donors (Lipinski definition) is 6. The number of rotatable bonds is 4. The van der Waals surface area contributed by atoms with Crippen LogP contribution in [0.4, 0.5) is 0 Å². The fourth-order valence-electron chi connectivity index (χ4n) is 15.3. The summed E-state index contributed by atoms with van der Waals surface area (Å²) in [6.45, 7) is 4.28. The molecule has 54 heavy (non-hydrogen) atoms. The Balaban J connectivity index is 1.22. The van der Waals surface area contributed by atoms with Crippen molar-refractivity contribution in [3.05, 3.63) is 46.5 Å². The first-order valence-electron chi connectivity index (χ1n) is 20.9. The number of benzene rings is 1. The molecule has 4 bridgehead atoms. The summed E-state index contributed by atoms with van der Waals surface area (Å²) in [7, 11) is 1.92. The summed E-state index contributed by atoms with van der Waals surface area (Å²) in [6.07, 6.45) is 7.80.